The molecule has 0 bridgehead atoms. The Morgan fingerprint density at radius 1 is 1.47 bits per heavy atom. The monoisotopic (exact) mass is 235 g/mol. The van der Waals surface area contributed by atoms with E-state index in [4.69, 9.17) is 4.74 Å². The fourth-order valence-corrected chi connectivity index (χ4v) is 1.88. The number of piperidine rings is 1. The summed E-state index contributed by atoms with van der Waals surface area (Å²) in [6, 6.07) is 0.387. The molecule has 0 radical (unpaired) electrons. The van der Waals surface area contributed by atoms with Gasteiger partial charge in [0.2, 0.25) is 5.78 Å². The number of hydrogen-bond donors (Lipinski definition) is 1. The van der Waals surface area contributed by atoms with E-state index in [0.29, 0.717) is 18.3 Å². The maximum atomic E-state index is 11.6. The number of nitrogens with one attached hydrogen (secondary N) is 1. The maximum Gasteiger partial charge on any atom is 0.208 e. The van der Waals surface area contributed by atoms with Crippen LogP contribution in [0.4, 0.5) is 0 Å². The van der Waals surface area contributed by atoms with E-state index in [1.54, 1.807) is 6.20 Å². The number of aromatic nitrogens is 2. The van der Waals surface area contributed by atoms with Gasteiger partial charge in [0.1, 0.15) is 12.3 Å². The van der Waals surface area contributed by atoms with Gasteiger partial charge in [-0.15, -0.1) is 0 Å². The number of rotatable bonds is 5. The number of Topliss-reactive ketones (excluding diaryl/α,β-unsaturated/α-hetero) is 1. The standard InChI is InChI=1S/C12H17N3O2/c16-12(11-7-13-5-6-15-11)9-17-8-10-3-1-2-4-14-10/h5-7,10,14H,1-4,8-9H2. The normalized spacial score (nSPS) is 20.1. The summed E-state index contributed by atoms with van der Waals surface area (Å²) < 4.78 is 5.41. The van der Waals surface area contributed by atoms with Gasteiger partial charge in [-0.2, -0.15) is 0 Å². The summed E-state index contributed by atoms with van der Waals surface area (Å²) in [5.41, 5.74) is 0.365. The Labute approximate surface area is 101 Å². The smallest absolute Gasteiger partial charge is 0.208 e. The van der Waals surface area contributed by atoms with Crippen molar-refractivity contribution in [1.82, 2.24) is 15.3 Å². The molecule has 5 heteroatoms. The molecule has 2 heterocycles. The first kappa shape index (κ1) is 12.1. The molecule has 17 heavy (non-hydrogen) atoms. The minimum atomic E-state index is -0.117. The second kappa shape index (κ2) is 6.42. The van der Waals surface area contributed by atoms with Crippen molar-refractivity contribution < 1.29 is 9.53 Å². The lowest BCUT2D eigenvalue weighted by molar-refractivity contribution is 0.0686. The van der Waals surface area contributed by atoms with Crippen LogP contribution in [0.5, 0.6) is 0 Å². The Morgan fingerprint density at radius 2 is 2.41 bits per heavy atom. The number of hydrogen-bond acceptors (Lipinski definition) is 5. The highest BCUT2D eigenvalue weighted by atomic mass is 16.5. The summed E-state index contributed by atoms with van der Waals surface area (Å²) in [7, 11) is 0. The number of carbonyl (C=O) groups is 1. The van der Waals surface area contributed by atoms with Crippen molar-refractivity contribution in [2.75, 3.05) is 19.8 Å². The van der Waals surface area contributed by atoms with E-state index in [2.05, 4.69) is 15.3 Å². The third kappa shape index (κ3) is 3.87. The summed E-state index contributed by atoms with van der Waals surface area (Å²) in [4.78, 5) is 19.4. The van der Waals surface area contributed by atoms with Crippen LogP contribution < -0.4 is 5.32 Å². The predicted molar refractivity (Wildman–Crippen MR) is 62.8 cm³/mol. The van der Waals surface area contributed by atoms with Gasteiger partial charge in [0.05, 0.1) is 12.8 Å². The average Bonchev–Trinajstić information content (AvgIpc) is 2.41. The molecule has 1 unspecified atom stereocenters. The Balaban J connectivity index is 1.69. The third-order valence-electron chi connectivity index (χ3n) is 2.81. The Kier molecular flexibility index (Phi) is 4.58. The van der Waals surface area contributed by atoms with Crippen LogP contribution in [0, 0.1) is 0 Å². The summed E-state index contributed by atoms with van der Waals surface area (Å²) in [6.45, 7) is 1.72. The minimum Gasteiger partial charge on any atom is -0.372 e. The quantitative estimate of drug-likeness (QED) is 0.765. The van der Waals surface area contributed by atoms with Crippen LogP contribution in [0.1, 0.15) is 29.8 Å². The molecule has 0 saturated carbocycles. The number of nitrogens with zero attached hydrogens (tertiary/aromatic N) is 2. The first-order chi connectivity index (χ1) is 8.36. The lowest BCUT2D eigenvalue weighted by Crippen LogP contribution is -2.38. The van der Waals surface area contributed by atoms with E-state index in [-0.39, 0.29) is 12.4 Å². The molecule has 5 nitrogen and oxygen atoms in total. The van der Waals surface area contributed by atoms with E-state index < -0.39 is 0 Å². The van der Waals surface area contributed by atoms with Crippen molar-refractivity contribution in [2.45, 2.75) is 25.3 Å². The van der Waals surface area contributed by atoms with Crippen molar-refractivity contribution in [3.05, 3.63) is 24.3 Å². The lowest BCUT2D eigenvalue weighted by atomic mass is 10.1. The zero-order valence-corrected chi connectivity index (χ0v) is 9.76. The van der Waals surface area contributed by atoms with Gasteiger partial charge in [-0.3, -0.25) is 9.78 Å². The molecule has 0 amide bonds. The van der Waals surface area contributed by atoms with Crippen molar-refractivity contribution in [3.63, 3.8) is 0 Å². The topological polar surface area (TPSA) is 64.1 Å². The molecule has 0 spiro atoms. The molecule has 1 aliphatic rings. The van der Waals surface area contributed by atoms with Crippen LogP contribution in [-0.2, 0) is 4.74 Å². The fraction of sp³-hybridized carbons (Fsp3) is 0.583. The zero-order chi connectivity index (χ0) is 11.9. The lowest BCUT2D eigenvalue weighted by Gasteiger charge is -2.22. The van der Waals surface area contributed by atoms with Gasteiger partial charge in [-0.05, 0) is 19.4 Å². The molecule has 92 valence electrons. The third-order valence-corrected chi connectivity index (χ3v) is 2.81. The second-order valence-corrected chi connectivity index (χ2v) is 4.18. The highest BCUT2D eigenvalue weighted by Gasteiger charge is 2.14. The molecule has 0 aliphatic carbocycles. The van der Waals surface area contributed by atoms with Crippen molar-refractivity contribution in [2.24, 2.45) is 0 Å². The maximum absolute atomic E-state index is 11.6. The van der Waals surface area contributed by atoms with Crippen LogP contribution in [0.2, 0.25) is 0 Å². The van der Waals surface area contributed by atoms with E-state index in [1.165, 1.54) is 25.2 Å². The van der Waals surface area contributed by atoms with Crippen molar-refractivity contribution in [1.29, 1.82) is 0 Å². The molecule has 1 atom stereocenters. The first-order valence-corrected chi connectivity index (χ1v) is 5.96. The summed E-state index contributed by atoms with van der Waals surface area (Å²) in [6.07, 6.45) is 8.11. The highest BCUT2D eigenvalue weighted by molar-refractivity contribution is 5.94. The summed E-state index contributed by atoms with van der Waals surface area (Å²) >= 11 is 0. The van der Waals surface area contributed by atoms with Crippen molar-refractivity contribution in [3.8, 4) is 0 Å². The van der Waals surface area contributed by atoms with Gasteiger partial charge in [-0.25, -0.2) is 4.98 Å². The molecular weight excluding hydrogens is 218 g/mol. The zero-order valence-electron chi connectivity index (χ0n) is 9.76. The van der Waals surface area contributed by atoms with Gasteiger partial charge in [0, 0.05) is 18.4 Å². The van der Waals surface area contributed by atoms with E-state index >= 15 is 0 Å². The molecule has 1 aliphatic heterocycles. The van der Waals surface area contributed by atoms with E-state index in [9.17, 15) is 4.79 Å². The molecule has 1 aromatic rings. The van der Waals surface area contributed by atoms with Crippen LogP contribution >= 0.6 is 0 Å². The van der Waals surface area contributed by atoms with Gasteiger partial charge in [0.25, 0.3) is 0 Å². The van der Waals surface area contributed by atoms with Crippen molar-refractivity contribution >= 4 is 5.78 Å². The highest BCUT2D eigenvalue weighted by Crippen LogP contribution is 2.07. The predicted octanol–water partition coefficient (Wildman–Crippen LogP) is 0.818. The number of carbonyl (C=O) groups excluding carboxylic acids is 1. The summed E-state index contributed by atoms with van der Waals surface area (Å²) in [5, 5.41) is 3.37. The number of ether oxygens (including phenoxy) is 1. The molecule has 1 N–H and O–H groups in total. The average molecular weight is 235 g/mol. The van der Waals surface area contributed by atoms with Crippen LogP contribution in [0.15, 0.2) is 18.6 Å². The van der Waals surface area contributed by atoms with Gasteiger partial charge in [0.15, 0.2) is 0 Å². The van der Waals surface area contributed by atoms with Gasteiger partial charge < -0.3 is 10.1 Å². The molecule has 1 fully saturated rings. The van der Waals surface area contributed by atoms with Crippen LogP contribution in [0.3, 0.4) is 0 Å². The Morgan fingerprint density at radius 3 is 3.12 bits per heavy atom. The second-order valence-electron chi connectivity index (χ2n) is 4.18. The summed E-state index contributed by atoms with van der Waals surface area (Å²) in [5.74, 6) is -0.117. The molecule has 1 aromatic heterocycles. The van der Waals surface area contributed by atoms with Gasteiger partial charge in [-0.1, -0.05) is 6.42 Å². The molecule has 0 aromatic carbocycles. The van der Waals surface area contributed by atoms with E-state index in [0.717, 1.165) is 13.0 Å². The Hall–Kier alpha value is -1.33. The fourth-order valence-electron chi connectivity index (χ4n) is 1.88. The Bertz CT molecular complexity index is 350. The molecule has 2 rings (SSSR count). The van der Waals surface area contributed by atoms with Gasteiger partial charge >= 0.3 is 0 Å². The minimum absolute atomic E-state index is 0.0802. The van der Waals surface area contributed by atoms with Crippen LogP contribution in [0.25, 0.3) is 0 Å². The molecule has 1 saturated heterocycles. The van der Waals surface area contributed by atoms with Crippen LogP contribution in [-0.4, -0.2) is 41.6 Å². The SMILES string of the molecule is O=C(COCC1CCCCN1)c1cnccn1. The largest absolute Gasteiger partial charge is 0.372 e. The molecular formula is C12H17N3O2. The first-order valence-electron chi connectivity index (χ1n) is 5.96. The number of ketones is 1. The van der Waals surface area contributed by atoms with E-state index in [1.807, 2.05) is 0 Å².